The van der Waals surface area contributed by atoms with Crippen molar-refractivity contribution in [2.24, 2.45) is 0 Å². The Morgan fingerprint density at radius 2 is 2.38 bits per heavy atom. The molecule has 1 aliphatic heterocycles. The van der Waals surface area contributed by atoms with Gasteiger partial charge < -0.3 is 14.8 Å². The summed E-state index contributed by atoms with van der Waals surface area (Å²) >= 11 is 0. The molecular formula is C11H11N3O2. The molecule has 0 amide bonds. The highest BCUT2D eigenvalue weighted by atomic mass is 16.6. The maximum Gasteiger partial charge on any atom is 0.149 e. The SMILES string of the molecule is N#Cc1ccc(NCC2=COCCO2)cn1. The standard InChI is InChI=1S/C11H11N3O2/c12-5-9-1-2-10(6-13-9)14-7-11-8-15-3-4-16-11/h1-2,6,8,14H,3-4,7H2. The van der Waals surface area contributed by atoms with E-state index in [1.54, 1.807) is 24.6 Å². The van der Waals surface area contributed by atoms with Crippen LogP contribution in [0.4, 0.5) is 5.69 Å². The van der Waals surface area contributed by atoms with Gasteiger partial charge in [0.1, 0.15) is 37.0 Å². The lowest BCUT2D eigenvalue weighted by Crippen LogP contribution is -2.14. The predicted molar refractivity (Wildman–Crippen MR) is 57.4 cm³/mol. The van der Waals surface area contributed by atoms with Gasteiger partial charge in [-0.3, -0.25) is 0 Å². The first-order valence-electron chi connectivity index (χ1n) is 4.92. The van der Waals surface area contributed by atoms with E-state index in [0.717, 1.165) is 11.4 Å². The first-order chi connectivity index (χ1) is 7.88. The second-order valence-corrected chi connectivity index (χ2v) is 3.20. The Morgan fingerprint density at radius 1 is 1.44 bits per heavy atom. The lowest BCUT2D eigenvalue weighted by Gasteiger charge is -2.16. The number of nitrogens with zero attached hydrogens (tertiary/aromatic N) is 2. The molecule has 82 valence electrons. The predicted octanol–water partition coefficient (Wildman–Crippen LogP) is 1.25. The zero-order valence-corrected chi connectivity index (χ0v) is 8.64. The molecule has 0 radical (unpaired) electrons. The van der Waals surface area contributed by atoms with Crippen molar-refractivity contribution in [1.29, 1.82) is 5.26 Å². The van der Waals surface area contributed by atoms with Gasteiger partial charge >= 0.3 is 0 Å². The van der Waals surface area contributed by atoms with Gasteiger partial charge in [-0.15, -0.1) is 0 Å². The Balaban J connectivity index is 1.89. The third-order valence-corrected chi connectivity index (χ3v) is 2.05. The molecule has 5 heteroatoms. The van der Waals surface area contributed by atoms with E-state index in [1.807, 2.05) is 6.07 Å². The summed E-state index contributed by atoms with van der Waals surface area (Å²) in [5.74, 6) is 0.760. The van der Waals surface area contributed by atoms with Crippen LogP contribution in [0.2, 0.25) is 0 Å². The Kier molecular flexibility index (Phi) is 3.24. The minimum Gasteiger partial charge on any atom is -0.494 e. The molecule has 1 aliphatic rings. The average molecular weight is 217 g/mol. The van der Waals surface area contributed by atoms with Crippen LogP contribution in [0.1, 0.15) is 5.69 Å². The molecule has 0 aliphatic carbocycles. The average Bonchev–Trinajstić information content (AvgIpc) is 2.38. The largest absolute Gasteiger partial charge is 0.494 e. The number of rotatable bonds is 3. The maximum atomic E-state index is 8.58. The van der Waals surface area contributed by atoms with Gasteiger partial charge in [0.05, 0.1) is 18.4 Å². The molecule has 1 aromatic rings. The number of hydrogen-bond donors (Lipinski definition) is 1. The molecule has 1 aromatic heterocycles. The van der Waals surface area contributed by atoms with Crippen LogP contribution >= 0.6 is 0 Å². The Morgan fingerprint density at radius 3 is 3.00 bits per heavy atom. The topological polar surface area (TPSA) is 67.2 Å². The summed E-state index contributed by atoms with van der Waals surface area (Å²) in [6, 6.07) is 5.43. The smallest absolute Gasteiger partial charge is 0.149 e. The van der Waals surface area contributed by atoms with Crippen LogP contribution in [0, 0.1) is 11.3 Å². The highest BCUT2D eigenvalue weighted by Crippen LogP contribution is 2.09. The molecule has 0 saturated carbocycles. The number of aromatic nitrogens is 1. The molecule has 0 aromatic carbocycles. The van der Waals surface area contributed by atoms with E-state index in [0.29, 0.717) is 25.5 Å². The number of pyridine rings is 1. The van der Waals surface area contributed by atoms with E-state index in [-0.39, 0.29) is 0 Å². The summed E-state index contributed by atoms with van der Waals surface area (Å²) in [5.41, 5.74) is 1.25. The van der Waals surface area contributed by atoms with E-state index in [1.165, 1.54) is 0 Å². The molecule has 1 N–H and O–H groups in total. The van der Waals surface area contributed by atoms with Gasteiger partial charge in [0.15, 0.2) is 0 Å². The molecular weight excluding hydrogens is 206 g/mol. The third-order valence-electron chi connectivity index (χ3n) is 2.05. The first kappa shape index (κ1) is 10.3. The second kappa shape index (κ2) is 5.03. The number of ether oxygens (including phenoxy) is 2. The minimum absolute atomic E-state index is 0.405. The molecule has 0 saturated heterocycles. The molecule has 0 bridgehead atoms. The number of hydrogen-bond acceptors (Lipinski definition) is 5. The number of nitriles is 1. The van der Waals surface area contributed by atoms with Crippen molar-refractivity contribution in [3.63, 3.8) is 0 Å². The summed E-state index contributed by atoms with van der Waals surface area (Å²) in [7, 11) is 0. The Labute approximate surface area is 93.3 Å². The van der Waals surface area contributed by atoms with Crippen molar-refractivity contribution in [2.75, 3.05) is 25.1 Å². The van der Waals surface area contributed by atoms with Gasteiger partial charge in [0.2, 0.25) is 0 Å². The fraction of sp³-hybridized carbons (Fsp3) is 0.273. The minimum atomic E-state index is 0.405. The molecule has 16 heavy (non-hydrogen) atoms. The fourth-order valence-corrected chi connectivity index (χ4v) is 1.25. The zero-order chi connectivity index (χ0) is 11.2. The summed E-state index contributed by atoms with van der Waals surface area (Å²) < 4.78 is 10.5. The van der Waals surface area contributed by atoms with Crippen LogP contribution in [0.25, 0.3) is 0 Å². The molecule has 2 rings (SSSR count). The lowest BCUT2D eigenvalue weighted by atomic mass is 10.3. The Hall–Kier alpha value is -2.22. The second-order valence-electron chi connectivity index (χ2n) is 3.20. The van der Waals surface area contributed by atoms with Gasteiger partial charge in [-0.1, -0.05) is 0 Å². The van der Waals surface area contributed by atoms with Gasteiger partial charge in [-0.05, 0) is 12.1 Å². The molecule has 5 nitrogen and oxygen atoms in total. The molecule has 0 spiro atoms. The van der Waals surface area contributed by atoms with Gasteiger partial charge in [0, 0.05) is 0 Å². The summed E-state index contributed by atoms with van der Waals surface area (Å²) in [4.78, 5) is 3.95. The van der Waals surface area contributed by atoms with Crippen LogP contribution in [0.15, 0.2) is 30.4 Å². The molecule has 0 unspecified atom stereocenters. The fourth-order valence-electron chi connectivity index (χ4n) is 1.25. The normalized spacial score (nSPS) is 14.1. The van der Waals surface area contributed by atoms with E-state index in [2.05, 4.69) is 10.3 Å². The quantitative estimate of drug-likeness (QED) is 0.825. The Bertz CT molecular complexity index is 420. The monoisotopic (exact) mass is 217 g/mol. The molecule has 2 heterocycles. The van der Waals surface area contributed by atoms with Crippen molar-refractivity contribution in [3.8, 4) is 6.07 Å². The van der Waals surface area contributed by atoms with Crippen molar-refractivity contribution >= 4 is 5.69 Å². The lowest BCUT2D eigenvalue weighted by molar-refractivity contribution is 0.0843. The summed E-state index contributed by atoms with van der Waals surface area (Å²) in [5, 5.41) is 11.7. The van der Waals surface area contributed by atoms with E-state index in [4.69, 9.17) is 14.7 Å². The first-order valence-corrected chi connectivity index (χ1v) is 4.92. The third kappa shape index (κ3) is 2.64. The highest BCUT2D eigenvalue weighted by Gasteiger charge is 2.04. The molecule has 0 atom stereocenters. The highest BCUT2D eigenvalue weighted by molar-refractivity contribution is 5.43. The number of anilines is 1. The van der Waals surface area contributed by atoms with Crippen molar-refractivity contribution in [2.45, 2.75) is 0 Å². The summed E-state index contributed by atoms with van der Waals surface area (Å²) in [6.45, 7) is 1.73. The van der Waals surface area contributed by atoms with Crippen molar-refractivity contribution in [3.05, 3.63) is 36.0 Å². The van der Waals surface area contributed by atoms with Crippen molar-refractivity contribution in [1.82, 2.24) is 4.98 Å². The van der Waals surface area contributed by atoms with Gasteiger partial charge in [-0.25, -0.2) is 4.98 Å². The van der Waals surface area contributed by atoms with E-state index < -0.39 is 0 Å². The van der Waals surface area contributed by atoms with Gasteiger partial charge in [0.25, 0.3) is 0 Å². The van der Waals surface area contributed by atoms with Crippen LogP contribution in [-0.4, -0.2) is 24.7 Å². The molecule has 0 fully saturated rings. The summed E-state index contributed by atoms with van der Waals surface area (Å²) in [6.07, 6.45) is 3.22. The van der Waals surface area contributed by atoms with Crippen LogP contribution in [0.5, 0.6) is 0 Å². The zero-order valence-electron chi connectivity index (χ0n) is 8.64. The van der Waals surface area contributed by atoms with Crippen LogP contribution in [-0.2, 0) is 9.47 Å². The van der Waals surface area contributed by atoms with Gasteiger partial charge in [-0.2, -0.15) is 5.26 Å². The van der Waals surface area contributed by atoms with Crippen LogP contribution in [0.3, 0.4) is 0 Å². The maximum absolute atomic E-state index is 8.58. The van der Waals surface area contributed by atoms with Crippen LogP contribution < -0.4 is 5.32 Å². The van der Waals surface area contributed by atoms with Crippen molar-refractivity contribution < 1.29 is 9.47 Å². The van der Waals surface area contributed by atoms with E-state index in [9.17, 15) is 0 Å². The van der Waals surface area contributed by atoms with E-state index >= 15 is 0 Å². The number of nitrogens with one attached hydrogen (secondary N) is 1.